The van der Waals surface area contributed by atoms with Crippen LogP contribution < -0.4 is 5.32 Å². The number of benzene rings is 1. The van der Waals surface area contributed by atoms with E-state index in [1.807, 2.05) is 0 Å². The number of hydrogen-bond donors (Lipinski definition) is 1. The van der Waals surface area contributed by atoms with E-state index < -0.39 is 16.1 Å². The molecule has 0 saturated carbocycles. The molecule has 2 heterocycles. The normalized spacial score (nSPS) is 26.5. The minimum atomic E-state index is -3.63. The third kappa shape index (κ3) is 5.80. The fraction of sp³-hybridized carbons (Fsp3) is 0.682. The monoisotopic (exact) mass is 421 g/mol. The molecule has 162 valence electrons. The number of nitrogens with zero attached hydrogens (tertiary/aromatic N) is 2. The first kappa shape index (κ1) is 22.2. The fourth-order valence-electron chi connectivity index (χ4n) is 4.78. The van der Waals surface area contributed by atoms with Crippen LogP contribution in [0.5, 0.6) is 0 Å². The van der Waals surface area contributed by atoms with Gasteiger partial charge in [0, 0.05) is 26.2 Å². The predicted molar refractivity (Wildman–Crippen MR) is 115 cm³/mol. The van der Waals surface area contributed by atoms with Crippen LogP contribution in [0.25, 0.3) is 0 Å². The molecule has 1 N–H and O–H groups in total. The average Bonchev–Trinajstić information content (AvgIpc) is 3.18. The molecule has 0 radical (unpaired) electrons. The standard InChI is InChI=1S/C22H35N3O3S/c1-18-15-19(2)17-24(16-18)13-7-6-12-23-22(26)21-11-8-14-25(21)29(27,28)20-9-4-3-5-10-20/h3-5,9-10,18-19,21H,6-8,11-17H2,1-2H3,(H,23,26)/t18-,19+,21-/m1/s1. The van der Waals surface area contributed by atoms with Crippen molar-refractivity contribution in [3.05, 3.63) is 30.3 Å². The topological polar surface area (TPSA) is 69.7 Å². The van der Waals surface area contributed by atoms with Crippen LogP contribution in [0, 0.1) is 11.8 Å². The van der Waals surface area contributed by atoms with Gasteiger partial charge in [-0.25, -0.2) is 8.42 Å². The van der Waals surface area contributed by atoms with Gasteiger partial charge < -0.3 is 10.2 Å². The molecule has 1 aromatic rings. The first-order chi connectivity index (χ1) is 13.9. The molecular formula is C22H35N3O3S. The largest absolute Gasteiger partial charge is 0.355 e. The lowest BCUT2D eigenvalue weighted by molar-refractivity contribution is -0.124. The second-order valence-corrected chi connectivity index (χ2v) is 10.7. The van der Waals surface area contributed by atoms with Gasteiger partial charge in [-0.2, -0.15) is 4.31 Å². The lowest BCUT2D eigenvalue weighted by Gasteiger charge is -2.34. The molecule has 6 nitrogen and oxygen atoms in total. The van der Waals surface area contributed by atoms with Crippen LogP contribution in [0.2, 0.25) is 0 Å². The highest BCUT2D eigenvalue weighted by Gasteiger charge is 2.39. The van der Waals surface area contributed by atoms with Crippen molar-refractivity contribution in [1.82, 2.24) is 14.5 Å². The van der Waals surface area contributed by atoms with Gasteiger partial charge in [-0.1, -0.05) is 32.0 Å². The number of hydrogen-bond acceptors (Lipinski definition) is 4. The Bertz CT molecular complexity index is 759. The SMILES string of the molecule is C[C@@H]1C[C@H](C)CN(CCCCNC(=O)[C@H]2CCCN2S(=O)(=O)c2ccccc2)C1. The van der Waals surface area contributed by atoms with E-state index in [1.54, 1.807) is 30.3 Å². The number of amides is 1. The lowest BCUT2D eigenvalue weighted by atomic mass is 9.92. The number of carbonyl (C=O) groups is 1. The zero-order chi connectivity index (χ0) is 20.9. The zero-order valence-corrected chi connectivity index (χ0v) is 18.5. The Kier molecular flexibility index (Phi) is 7.71. The molecular weight excluding hydrogens is 386 g/mol. The maximum atomic E-state index is 12.9. The van der Waals surface area contributed by atoms with Crippen molar-refractivity contribution < 1.29 is 13.2 Å². The molecule has 1 amide bonds. The van der Waals surface area contributed by atoms with Crippen LogP contribution in [0.15, 0.2) is 35.2 Å². The molecule has 0 aromatic heterocycles. The molecule has 2 fully saturated rings. The minimum Gasteiger partial charge on any atom is -0.355 e. The molecule has 3 rings (SSSR count). The van der Waals surface area contributed by atoms with Crippen molar-refractivity contribution in [3.8, 4) is 0 Å². The quantitative estimate of drug-likeness (QED) is 0.655. The molecule has 2 aliphatic rings. The molecule has 29 heavy (non-hydrogen) atoms. The highest BCUT2D eigenvalue weighted by atomic mass is 32.2. The number of nitrogens with one attached hydrogen (secondary N) is 1. The summed E-state index contributed by atoms with van der Waals surface area (Å²) in [5.41, 5.74) is 0. The van der Waals surface area contributed by atoms with Gasteiger partial charge >= 0.3 is 0 Å². The van der Waals surface area contributed by atoms with Gasteiger partial charge in [0.15, 0.2) is 0 Å². The maximum absolute atomic E-state index is 12.9. The third-order valence-electron chi connectivity index (χ3n) is 6.00. The molecule has 0 unspecified atom stereocenters. The highest BCUT2D eigenvalue weighted by molar-refractivity contribution is 7.89. The van der Waals surface area contributed by atoms with Crippen LogP contribution in [-0.2, 0) is 14.8 Å². The van der Waals surface area contributed by atoms with Crippen molar-refractivity contribution in [2.45, 2.75) is 56.9 Å². The van der Waals surface area contributed by atoms with Crippen molar-refractivity contribution in [1.29, 1.82) is 0 Å². The summed E-state index contributed by atoms with van der Waals surface area (Å²) >= 11 is 0. The number of piperidine rings is 1. The van der Waals surface area contributed by atoms with Crippen LogP contribution in [-0.4, -0.2) is 62.3 Å². The van der Waals surface area contributed by atoms with Gasteiger partial charge in [-0.05, 0) is 62.6 Å². The van der Waals surface area contributed by atoms with E-state index in [0.29, 0.717) is 19.5 Å². The van der Waals surface area contributed by atoms with Gasteiger partial charge in [0.25, 0.3) is 0 Å². The van der Waals surface area contributed by atoms with Crippen molar-refractivity contribution in [3.63, 3.8) is 0 Å². The predicted octanol–water partition coefficient (Wildman–Crippen LogP) is 2.71. The Morgan fingerprint density at radius 1 is 1.10 bits per heavy atom. The molecule has 2 aliphatic heterocycles. The summed E-state index contributed by atoms with van der Waals surface area (Å²) in [7, 11) is -3.63. The first-order valence-corrected chi connectivity index (χ1v) is 12.4. The van der Waals surface area contributed by atoms with Gasteiger partial charge in [0.1, 0.15) is 6.04 Å². The fourth-order valence-corrected chi connectivity index (χ4v) is 6.46. The van der Waals surface area contributed by atoms with E-state index >= 15 is 0 Å². The zero-order valence-electron chi connectivity index (χ0n) is 17.7. The summed E-state index contributed by atoms with van der Waals surface area (Å²) in [4.78, 5) is 15.4. The van der Waals surface area contributed by atoms with Crippen LogP contribution in [0.4, 0.5) is 0 Å². The first-order valence-electron chi connectivity index (χ1n) is 10.9. The van der Waals surface area contributed by atoms with Crippen LogP contribution in [0.3, 0.4) is 0 Å². The van der Waals surface area contributed by atoms with E-state index in [9.17, 15) is 13.2 Å². The summed E-state index contributed by atoms with van der Waals surface area (Å²) in [5, 5.41) is 2.97. The summed E-state index contributed by atoms with van der Waals surface area (Å²) in [6.45, 7) is 9.06. The van der Waals surface area contributed by atoms with Gasteiger partial charge in [-0.3, -0.25) is 4.79 Å². The maximum Gasteiger partial charge on any atom is 0.243 e. The van der Waals surface area contributed by atoms with Crippen molar-refractivity contribution in [2.24, 2.45) is 11.8 Å². The Hall–Kier alpha value is -1.44. The molecule has 2 saturated heterocycles. The Morgan fingerprint density at radius 3 is 2.48 bits per heavy atom. The number of carbonyl (C=O) groups excluding carboxylic acids is 1. The summed E-state index contributed by atoms with van der Waals surface area (Å²) in [6.07, 6.45) is 4.59. The van der Waals surface area contributed by atoms with E-state index in [2.05, 4.69) is 24.1 Å². The molecule has 0 aliphatic carbocycles. The number of likely N-dealkylation sites (tertiary alicyclic amines) is 1. The number of rotatable bonds is 8. The molecule has 1 aromatic carbocycles. The molecule has 0 spiro atoms. The Morgan fingerprint density at radius 2 is 1.79 bits per heavy atom. The van der Waals surface area contributed by atoms with Gasteiger partial charge in [0.2, 0.25) is 15.9 Å². The number of unbranched alkanes of at least 4 members (excludes halogenated alkanes) is 1. The van der Waals surface area contributed by atoms with Crippen LogP contribution in [0.1, 0.15) is 46.0 Å². The average molecular weight is 422 g/mol. The summed E-state index contributed by atoms with van der Waals surface area (Å²) in [6, 6.07) is 7.79. The molecule has 0 bridgehead atoms. The second kappa shape index (κ2) is 10.0. The van der Waals surface area contributed by atoms with E-state index in [1.165, 1.54) is 23.8 Å². The van der Waals surface area contributed by atoms with Gasteiger partial charge in [-0.15, -0.1) is 0 Å². The molecule has 7 heteroatoms. The van der Waals surface area contributed by atoms with E-state index in [-0.39, 0.29) is 10.8 Å². The number of sulfonamides is 1. The summed E-state index contributed by atoms with van der Waals surface area (Å²) in [5.74, 6) is 1.36. The van der Waals surface area contributed by atoms with E-state index in [0.717, 1.165) is 37.6 Å². The van der Waals surface area contributed by atoms with E-state index in [4.69, 9.17) is 0 Å². The molecule has 3 atom stereocenters. The van der Waals surface area contributed by atoms with Gasteiger partial charge in [0.05, 0.1) is 4.90 Å². The lowest BCUT2D eigenvalue weighted by Crippen LogP contribution is -2.46. The minimum absolute atomic E-state index is 0.165. The van der Waals surface area contributed by atoms with Crippen molar-refractivity contribution >= 4 is 15.9 Å². The van der Waals surface area contributed by atoms with Crippen molar-refractivity contribution in [2.75, 3.05) is 32.7 Å². The third-order valence-corrected chi connectivity index (χ3v) is 7.92. The Labute approximate surface area is 175 Å². The Balaban J connectivity index is 1.44. The summed E-state index contributed by atoms with van der Waals surface area (Å²) < 4.78 is 27.2. The van der Waals surface area contributed by atoms with Crippen LogP contribution >= 0.6 is 0 Å². The second-order valence-electron chi connectivity index (χ2n) is 8.79. The smallest absolute Gasteiger partial charge is 0.243 e. The highest BCUT2D eigenvalue weighted by Crippen LogP contribution is 2.26.